The third-order valence-electron chi connectivity index (χ3n) is 1.41. The number of halogens is 3. The number of rotatable bonds is 2. The van der Waals surface area contributed by atoms with Crippen LogP contribution < -0.4 is 5.56 Å². The van der Waals surface area contributed by atoms with Crippen molar-refractivity contribution in [3.8, 4) is 0 Å². The van der Waals surface area contributed by atoms with Crippen molar-refractivity contribution in [1.82, 2.24) is 4.57 Å². The molecule has 0 bridgehead atoms. The van der Waals surface area contributed by atoms with Gasteiger partial charge < -0.3 is 4.57 Å². The molecule has 0 unspecified atom stereocenters. The van der Waals surface area contributed by atoms with E-state index in [9.17, 15) is 4.79 Å². The lowest BCUT2D eigenvalue weighted by atomic mass is 10.4. The third-order valence-corrected chi connectivity index (χ3v) is 2.62. The minimum Gasteiger partial charge on any atom is -0.309 e. The fourth-order valence-electron chi connectivity index (χ4n) is 0.829. The van der Waals surface area contributed by atoms with E-state index in [1.165, 1.54) is 10.1 Å². The Hall–Kier alpha value is -0.250. The summed E-state index contributed by atoms with van der Waals surface area (Å²) in [5.41, 5.74) is 1.12. The molecule has 1 rings (SSSR count). The van der Waals surface area contributed by atoms with Crippen molar-refractivity contribution >= 4 is 39.1 Å². The smallest absolute Gasteiger partial charge is 0.265 e. The van der Waals surface area contributed by atoms with Crippen molar-refractivity contribution in [1.29, 1.82) is 0 Å². The van der Waals surface area contributed by atoms with E-state index in [1.54, 1.807) is 18.3 Å². The molecule has 70 valence electrons. The summed E-state index contributed by atoms with van der Waals surface area (Å²) in [6, 6.07) is 3.43. The quantitative estimate of drug-likeness (QED) is 0.818. The molecule has 0 atom stereocenters. The summed E-state index contributed by atoms with van der Waals surface area (Å²) in [7, 11) is 0. The molecule has 0 saturated heterocycles. The van der Waals surface area contributed by atoms with E-state index < -0.39 is 0 Å². The van der Waals surface area contributed by atoms with Crippen molar-refractivity contribution < 1.29 is 0 Å². The largest absolute Gasteiger partial charge is 0.309 e. The zero-order valence-electron chi connectivity index (χ0n) is 6.51. The van der Waals surface area contributed by atoms with Crippen molar-refractivity contribution in [2.24, 2.45) is 0 Å². The van der Waals surface area contributed by atoms with Gasteiger partial charge in [-0.2, -0.15) is 0 Å². The Morgan fingerprint density at radius 1 is 1.69 bits per heavy atom. The second-order valence-corrected chi connectivity index (χ2v) is 3.90. The number of hydrogen-bond donors (Lipinski definition) is 0. The molecule has 0 aliphatic heterocycles. The summed E-state index contributed by atoms with van der Waals surface area (Å²) in [4.78, 5) is 11.4. The normalized spacial score (nSPS) is 11.8. The Labute approximate surface area is 93.9 Å². The number of hydrogen-bond acceptors (Lipinski definition) is 1. The van der Waals surface area contributed by atoms with Crippen LogP contribution in [0.25, 0.3) is 0 Å². The third kappa shape index (κ3) is 2.86. The number of nitrogens with zero attached hydrogens (tertiary/aromatic N) is 1. The van der Waals surface area contributed by atoms with Crippen LogP contribution in [0, 0.1) is 0 Å². The van der Waals surface area contributed by atoms with Crippen molar-refractivity contribution in [2.75, 3.05) is 0 Å². The molecular weight excluding hydrogens is 277 g/mol. The molecule has 1 aromatic heterocycles. The zero-order chi connectivity index (χ0) is 9.84. The molecule has 0 aliphatic rings. The van der Waals surface area contributed by atoms with E-state index in [0.717, 1.165) is 0 Å². The van der Waals surface area contributed by atoms with Crippen LogP contribution >= 0.6 is 39.1 Å². The predicted octanol–water partition coefficient (Wildman–Crippen LogP) is 2.93. The highest BCUT2D eigenvalue weighted by atomic mass is 79.9. The monoisotopic (exact) mass is 281 g/mol. The molecule has 0 amide bonds. The topological polar surface area (TPSA) is 22.0 Å². The van der Waals surface area contributed by atoms with Gasteiger partial charge in [0.15, 0.2) is 0 Å². The van der Waals surface area contributed by atoms with Crippen molar-refractivity contribution in [3.63, 3.8) is 0 Å². The van der Waals surface area contributed by atoms with Gasteiger partial charge in [-0.25, -0.2) is 0 Å². The van der Waals surface area contributed by atoms with Gasteiger partial charge in [-0.1, -0.05) is 23.2 Å². The Morgan fingerprint density at radius 3 is 3.00 bits per heavy atom. The molecule has 0 N–H and O–H groups in total. The molecule has 0 aromatic carbocycles. The van der Waals surface area contributed by atoms with Crippen LogP contribution in [0.15, 0.2) is 38.2 Å². The van der Waals surface area contributed by atoms with Crippen LogP contribution in [-0.2, 0) is 6.54 Å². The Bertz CT molecular complexity index is 386. The van der Waals surface area contributed by atoms with Gasteiger partial charge in [-0.15, -0.1) is 0 Å². The summed E-state index contributed by atoms with van der Waals surface area (Å²) >= 11 is 14.2. The SMILES string of the molecule is O=c1c(Br)cccn1C/C(Cl)=C\Cl. The fraction of sp³-hybridized carbons (Fsp3) is 0.125. The van der Waals surface area contributed by atoms with E-state index >= 15 is 0 Å². The molecule has 1 aromatic rings. The van der Waals surface area contributed by atoms with Crippen LogP contribution in [0.1, 0.15) is 0 Å². The highest BCUT2D eigenvalue weighted by Gasteiger charge is 2.00. The summed E-state index contributed by atoms with van der Waals surface area (Å²) in [6.07, 6.45) is 1.65. The summed E-state index contributed by atoms with van der Waals surface area (Å²) in [5.74, 6) is 0. The van der Waals surface area contributed by atoms with Gasteiger partial charge in [-0.3, -0.25) is 4.79 Å². The van der Waals surface area contributed by atoms with E-state index in [0.29, 0.717) is 16.0 Å². The highest BCUT2D eigenvalue weighted by Crippen LogP contribution is 2.07. The summed E-state index contributed by atoms with van der Waals surface area (Å²) in [6.45, 7) is 0.295. The van der Waals surface area contributed by atoms with Crippen LogP contribution in [0.3, 0.4) is 0 Å². The molecule has 13 heavy (non-hydrogen) atoms. The number of pyridine rings is 1. The van der Waals surface area contributed by atoms with E-state index in [4.69, 9.17) is 23.2 Å². The summed E-state index contributed by atoms with van der Waals surface area (Å²) in [5, 5.41) is 0.418. The zero-order valence-corrected chi connectivity index (χ0v) is 9.60. The number of allylic oxidation sites excluding steroid dienone is 1. The lowest BCUT2D eigenvalue weighted by molar-refractivity contribution is 0.766. The molecule has 0 aliphatic carbocycles. The first-order valence-electron chi connectivity index (χ1n) is 3.45. The van der Waals surface area contributed by atoms with Gasteiger partial charge in [-0.05, 0) is 28.1 Å². The minimum absolute atomic E-state index is 0.126. The van der Waals surface area contributed by atoms with Crippen molar-refractivity contribution in [3.05, 3.63) is 43.7 Å². The lowest BCUT2D eigenvalue weighted by Crippen LogP contribution is -2.19. The first-order chi connectivity index (χ1) is 6.15. The number of aromatic nitrogens is 1. The summed E-state index contributed by atoms with van der Waals surface area (Å²) < 4.78 is 1.97. The van der Waals surface area contributed by atoms with Gasteiger partial charge in [0, 0.05) is 16.8 Å². The first-order valence-corrected chi connectivity index (χ1v) is 5.05. The molecule has 5 heteroatoms. The first kappa shape index (κ1) is 10.8. The van der Waals surface area contributed by atoms with Crippen LogP contribution in [-0.4, -0.2) is 4.57 Å². The van der Waals surface area contributed by atoms with Crippen molar-refractivity contribution in [2.45, 2.75) is 6.54 Å². The van der Waals surface area contributed by atoms with E-state index in [-0.39, 0.29) is 5.56 Å². The van der Waals surface area contributed by atoms with Gasteiger partial charge >= 0.3 is 0 Å². The van der Waals surface area contributed by atoms with Gasteiger partial charge in [0.05, 0.1) is 11.0 Å². The predicted molar refractivity (Wildman–Crippen MR) is 58.2 cm³/mol. The maximum atomic E-state index is 11.4. The molecule has 2 nitrogen and oxygen atoms in total. The molecule has 1 heterocycles. The maximum absolute atomic E-state index is 11.4. The Morgan fingerprint density at radius 2 is 2.38 bits per heavy atom. The molecular formula is C8H6BrCl2NO. The van der Waals surface area contributed by atoms with Gasteiger partial charge in [0.25, 0.3) is 5.56 Å². The molecule has 0 saturated carbocycles. The average molecular weight is 283 g/mol. The molecule has 0 fully saturated rings. The minimum atomic E-state index is -0.126. The fourth-order valence-corrected chi connectivity index (χ4v) is 1.41. The second kappa shape index (κ2) is 4.84. The van der Waals surface area contributed by atoms with E-state index in [1.807, 2.05) is 0 Å². The van der Waals surface area contributed by atoms with Crippen LogP contribution in [0.5, 0.6) is 0 Å². The highest BCUT2D eigenvalue weighted by molar-refractivity contribution is 9.10. The maximum Gasteiger partial charge on any atom is 0.265 e. The van der Waals surface area contributed by atoms with Crippen LogP contribution in [0.4, 0.5) is 0 Å². The second-order valence-electron chi connectivity index (χ2n) is 2.35. The lowest BCUT2D eigenvalue weighted by Gasteiger charge is -2.03. The van der Waals surface area contributed by atoms with Crippen LogP contribution in [0.2, 0.25) is 0 Å². The standard InChI is InChI=1S/C8H6BrCl2NO/c9-7-2-1-3-12(8(7)13)5-6(11)4-10/h1-4H,5H2/b6-4+. The average Bonchev–Trinajstić information content (AvgIpc) is 2.13. The molecule has 0 radical (unpaired) electrons. The van der Waals surface area contributed by atoms with E-state index in [2.05, 4.69) is 15.9 Å². The Balaban J connectivity index is 3.03. The Kier molecular flexibility index (Phi) is 4.03. The van der Waals surface area contributed by atoms with Gasteiger partial charge in [0.2, 0.25) is 0 Å². The van der Waals surface area contributed by atoms with Gasteiger partial charge in [0.1, 0.15) is 0 Å². The molecule has 0 spiro atoms.